The summed E-state index contributed by atoms with van der Waals surface area (Å²) in [5, 5.41) is 4.71. The van der Waals surface area contributed by atoms with E-state index in [0.29, 0.717) is 0 Å². The largest absolute Gasteiger partial charge is 0.378 e. The highest BCUT2D eigenvalue weighted by atomic mass is 16.7. The summed E-state index contributed by atoms with van der Waals surface area (Å²) in [5.74, 6) is 3.66. The zero-order valence-corrected chi connectivity index (χ0v) is 18.0. The number of nitrogens with zero attached hydrogens (tertiary/aromatic N) is 3. The molecular formula is C26H31N3O. The molecule has 2 aromatic rings. The zero-order valence-electron chi connectivity index (χ0n) is 18.0. The maximum atomic E-state index is 6.19. The van der Waals surface area contributed by atoms with E-state index in [1.165, 1.54) is 49.8 Å². The zero-order chi connectivity index (χ0) is 20.3. The lowest BCUT2D eigenvalue weighted by Gasteiger charge is -2.60. The first-order valence-corrected chi connectivity index (χ1v) is 11.5. The van der Waals surface area contributed by atoms with Crippen LogP contribution in [0.4, 0.5) is 5.69 Å². The normalized spacial score (nSPS) is 34.1. The first kappa shape index (κ1) is 18.3. The molecule has 0 radical (unpaired) electrons. The van der Waals surface area contributed by atoms with Gasteiger partial charge in [0.05, 0.1) is 0 Å². The van der Waals surface area contributed by atoms with Gasteiger partial charge in [-0.2, -0.15) is 0 Å². The topological polar surface area (TPSA) is 28.1 Å². The minimum absolute atomic E-state index is 0.119. The van der Waals surface area contributed by atoms with Crippen molar-refractivity contribution >= 4 is 11.5 Å². The second-order valence-corrected chi connectivity index (χ2v) is 10.2. The Labute approximate surface area is 179 Å². The first-order valence-electron chi connectivity index (χ1n) is 11.5. The molecule has 2 aromatic carbocycles. The molecule has 0 aromatic heterocycles. The van der Waals surface area contributed by atoms with Crippen LogP contribution in [-0.4, -0.2) is 30.4 Å². The Morgan fingerprint density at radius 1 is 0.867 bits per heavy atom. The van der Waals surface area contributed by atoms with Gasteiger partial charge in [-0.3, -0.25) is 0 Å². The standard InChI is InChI=1S/C26H31N3O/c1-28(2)23-10-8-21(9-11-23)24-27-30-25(22-6-4-3-5-7-22)29(24)26-15-18-12-19(16-26)14-20(13-18)17-26/h3-11,18-20,25H,12-17H2,1-2H3. The van der Waals surface area contributed by atoms with Crippen molar-refractivity contribution in [1.82, 2.24) is 4.90 Å². The Morgan fingerprint density at radius 2 is 1.47 bits per heavy atom. The van der Waals surface area contributed by atoms with E-state index in [9.17, 15) is 0 Å². The van der Waals surface area contributed by atoms with Crippen LogP contribution in [0.15, 0.2) is 59.8 Å². The lowest BCUT2D eigenvalue weighted by atomic mass is 9.52. The fraction of sp³-hybridized carbons (Fsp3) is 0.500. The van der Waals surface area contributed by atoms with E-state index in [1.54, 1.807) is 0 Å². The maximum absolute atomic E-state index is 6.19. The fourth-order valence-electron chi connectivity index (χ4n) is 7.06. The minimum atomic E-state index is -0.119. The van der Waals surface area contributed by atoms with Gasteiger partial charge in [-0.25, -0.2) is 0 Å². The van der Waals surface area contributed by atoms with Crippen molar-refractivity contribution in [2.45, 2.75) is 50.3 Å². The Morgan fingerprint density at radius 3 is 2.03 bits per heavy atom. The first-order chi connectivity index (χ1) is 14.6. The molecule has 4 heteroatoms. The Bertz CT molecular complexity index is 915. The summed E-state index contributed by atoms with van der Waals surface area (Å²) in [6, 6.07) is 19.5. The minimum Gasteiger partial charge on any atom is -0.378 e. The van der Waals surface area contributed by atoms with E-state index < -0.39 is 0 Å². The molecule has 0 amide bonds. The second kappa shape index (κ2) is 6.76. The molecule has 4 aliphatic carbocycles. The van der Waals surface area contributed by atoms with Crippen molar-refractivity contribution in [3.63, 3.8) is 0 Å². The van der Waals surface area contributed by atoms with Crippen LogP contribution in [0.1, 0.15) is 55.9 Å². The van der Waals surface area contributed by atoms with Gasteiger partial charge in [-0.1, -0.05) is 35.5 Å². The van der Waals surface area contributed by atoms with Gasteiger partial charge in [0.1, 0.15) is 0 Å². The van der Waals surface area contributed by atoms with Gasteiger partial charge in [0, 0.05) is 36.4 Å². The average molecular weight is 402 g/mol. The lowest BCUT2D eigenvalue weighted by molar-refractivity contribution is -0.116. The third-order valence-electron chi connectivity index (χ3n) is 7.95. The number of hydrogen-bond donors (Lipinski definition) is 0. The molecule has 0 saturated heterocycles. The van der Waals surface area contributed by atoms with Crippen molar-refractivity contribution in [3.05, 3.63) is 65.7 Å². The van der Waals surface area contributed by atoms with Crippen molar-refractivity contribution < 1.29 is 4.84 Å². The monoisotopic (exact) mass is 401 g/mol. The molecule has 156 valence electrons. The van der Waals surface area contributed by atoms with Crippen LogP contribution in [-0.2, 0) is 4.84 Å². The van der Waals surface area contributed by atoms with Crippen LogP contribution >= 0.6 is 0 Å². The Kier molecular flexibility index (Phi) is 4.12. The van der Waals surface area contributed by atoms with Crippen molar-refractivity contribution in [3.8, 4) is 0 Å². The van der Waals surface area contributed by atoms with Crippen LogP contribution in [0.5, 0.6) is 0 Å². The van der Waals surface area contributed by atoms with Gasteiger partial charge in [0.2, 0.25) is 6.23 Å². The maximum Gasteiger partial charge on any atom is 0.227 e. The van der Waals surface area contributed by atoms with Gasteiger partial charge in [-0.05, 0) is 80.5 Å². The van der Waals surface area contributed by atoms with Crippen LogP contribution in [0.3, 0.4) is 0 Å². The summed E-state index contributed by atoms with van der Waals surface area (Å²) in [5.41, 5.74) is 3.76. The van der Waals surface area contributed by atoms with Gasteiger partial charge in [0.15, 0.2) is 5.84 Å². The van der Waals surface area contributed by atoms with Crippen LogP contribution in [0.25, 0.3) is 0 Å². The van der Waals surface area contributed by atoms with Gasteiger partial charge >= 0.3 is 0 Å². The van der Waals surface area contributed by atoms with E-state index in [-0.39, 0.29) is 11.8 Å². The summed E-state index contributed by atoms with van der Waals surface area (Å²) < 4.78 is 0. The number of anilines is 1. The summed E-state index contributed by atoms with van der Waals surface area (Å²) in [6.45, 7) is 0. The van der Waals surface area contributed by atoms with E-state index in [1.807, 2.05) is 0 Å². The van der Waals surface area contributed by atoms with Crippen molar-refractivity contribution in [2.24, 2.45) is 22.9 Å². The predicted molar refractivity (Wildman–Crippen MR) is 120 cm³/mol. The smallest absolute Gasteiger partial charge is 0.227 e. The van der Waals surface area contributed by atoms with Crippen LogP contribution in [0, 0.1) is 17.8 Å². The lowest BCUT2D eigenvalue weighted by Crippen LogP contribution is -2.61. The highest BCUT2D eigenvalue weighted by Gasteiger charge is 2.57. The summed E-state index contributed by atoms with van der Waals surface area (Å²) in [7, 11) is 4.16. The van der Waals surface area contributed by atoms with E-state index in [2.05, 4.69) is 78.5 Å². The van der Waals surface area contributed by atoms with E-state index in [4.69, 9.17) is 9.99 Å². The summed E-state index contributed by atoms with van der Waals surface area (Å²) in [6.07, 6.45) is 8.07. The predicted octanol–water partition coefficient (Wildman–Crippen LogP) is 5.41. The number of oxime groups is 1. The highest BCUT2D eigenvalue weighted by molar-refractivity contribution is 6.00. The van der Waals surface area contributed by atoms with Gasteiger partial charge in [-0.15, -0.1) is 0 Å². The third-order valence-corrected chi connectivity index (χ3v) is 7.95. The molecule has 1 aliphatic heterocycles. The molecule has 0 N–H and O–H groups in total. The number of benzene rings is 2. The van der Waals surface area contributed by atoms with Gasteiger partial charge < -0.3 is 14.6 Å². The van der Waals surface area contributed by atoms with Crippen molar-refractivity contribution in [2.75, 3.05) is 19.0 Å². The molecule has 1 heterocycles. The number of hydrogen-bond acceptors (Lipinski definition) is 4. The summed E-state index contributed by atoms with van der Waals surface area (Å²) >= 11 is 0. The molecule has 4 saturated carbocycles. The Hall–Kier alpha value is -2.49. The molecule has 0 spiro atoms. The Balaban J connectivity index is 1.42. The molecule has 4 bridgehead atoms. The van der Waals surface area contributed by atoms with E-state index in [0.717, 1.165) is 29.2 Å². The SMILES string of the molecule is CN(C)c1ccc(C2=NOC(c3ccccc3)N2C23CC4CC(CC(C4)C2)C3)cc1. The van der Waals surface area contributed by atoms with Crippen LogP contribution < -0.4 is 4.90 Å². The number of rotatable bonds is 4. The summed E-state index contributed by atoms with van der Waals surface area (Å²) in [4.78, 5) is 10.9. The second-order valence-electron chi connectivity index (χ2n) is 10.2. The molecule has 1 atom stereocenters. The molecule has 4 fully saturated rings. The highest BCUT2D eigenvalue weighted by Crippen LogP contribution is 2.60. The van der Waals surface area contributed by atoms with Gasteiger partial charge in [0.25, 0.3) is 0 Å². The third kappa shape index (κ3) is 2.84. The molecule has 5 aliphatic rings. The number of amidine groups is 1. The molecule has 30 heavy (non-hydrogen) atoms. The average Bonchev–Trinajstić information content (AvgIpc) is 3.20. The molecular weight excluding hydrogens is 370 g/mol. The quantitative estimate of drug-likeness (QED) is 0.685. The fourth-order valence-corrected chi connectivity index (χ4v) is 7.06. The molecule has 4 nitrogen and oxygen atoms in total. The van der Waals surface area contributed by atoms with E-state index >= 15 is 0 Å². The van der Waals surface area contributed by atoms with Crippen LogP contribution in [0.2, 0.25) is 0 Å². The molecule has 1 unspecified atom stereocenters. The van der Waals surface area contributed by atoms with Crippen molar-refractivity contribution in [1.29, 1.82) is 0 Å². The molecule has 7 rings (SSSR count).